The summed E-state index contributed by atoms with van der Waals surface area (Å²) in [6.45, 7) is 2.37. The molecule has 32 heavy (non-hydrogen) atoms. The van der Waals surface area contributed by atoms with Crippen molar-refractivity contribution in [1.29, 1.82) is 0 Å². The van der Waals surface area contributed by atoms with Crippen LogP contribution in [-0.2, 0) is 13.5 Å². The molecule has 8 nitrogen and oxygen atoms in total. The molecule has 1 N–H and O–H groups in total. The van der Waals surface area contributed by atoms with Crippen LogP contribution in [0.1, 0.15) is 38.0 Å². The Morgan fingerprint density at radius 3 is 2.66 bits per heavy atom. The van der Waals surface area contributed by atoms with Crippen LogP contribution in [-0.4, -0.2) is 55.5 Å². The number of carbonyl (C=O) groups is 2. The summed E-state index contributed by atoms with van der Waals surface area (Å²) in [5, 5.41) is 8.21. The number of hydrogen-bond donors (Lipinski definition) is 1. The Labute approximate surface area is 190 Å². The van der Waals surface area contributed by atoms with Gasteiger partial charge in [0, 0.05) is 32.9 Å². The van der Waals surface area contributed by atoms with Crippen LogP contribution in [0.15, 0.2) is 54.9 Å². The lowest BCUT2D eigenvalue weighted by Gasteiger charge is -2.28. The number of fused-ring (bicyclic) bond motifs is 1. The molecule has 0 aliphatic carbocycles. The van der Waals surface area contributed by atoms with Crippen molar-refractivity contribution in [3.05, 3.63) is 76.8 Å². The first kappa shape index (κ1) is 21.8. The van der Waals surface area contributed by atoms with E-state index in [9.17, 15) is 9.59 Å². The number of hydrogen-bond acceptors (Lipinski definition) is 5. The van der Waals surface area contributed by atoms with E-state index in [0.717, 1.165) is 10.6 Å². The quantitative estimate of drug-likeness (QED) is 0.447. The van der Waals surface area contributed by atoms with Crippen LogP contribution in [0.2, 0.25) is 0 Å². The monoisotopic (exact) mass is 450 g/mol. The van der Waals surface area contributed by atoms with Gasteiger partial charge in [0.15, 0.2) is 0 Å². The summed E-state index contributed by atoms with van der Waals surface area (Å²) in [7, 11) is 3.63. The summed E-state index contributed by atoms with van der Waals surface area (Å²) >= 11 is 1.45. The molecule has 166 valence electrons. The van der Waals surface area contributed by atoms with Crippen molar-refractivity contribution in [3.8, 4) is 0 Å². The molecule has 0 saturated heterocycles. The maximum absolute atomic E-state index is 13.2. The van der Waals surface area contributed by atoms with Crippen molar-refractivity contribution in [2.24, 2.45) is 7.05 Å². The Balaban J connectivity index is 1.47. The van der Waals surface area contributed by atoms with Crippen molar-refractivity contribution in [3.63, 3.8) is 0 Å². The molecule has 1 aromatic carbocycles. The molecule has 1 atom stereocenters. The highest BCUT2D eigenvalue weighted by atomic mass is 32.1. The Morgan fingerprint density at radius 2 is 1.97 bits per heavy atom. The van der Waals surface area contributed by atoms with E-state index in [0.29, 0.717) is 35.7 Å². The Bertz CT molecular complexity index is 1190. The summed E-state index contributed by atoms with van der Waals surface area (Å²) < 4.78 is 3.43. The van der Waals surface area contributed by atoms with Crippen molar-refractivity contribution in [2.45, 2.75) is 25.8 Å². The van der Waals surface area contributed by atoms with Gasteiger partial charge in [-0.25, -0.2) is 9.50 Å². The predicted molar refractivity (Wildman–Crippen MR) is 124 cm³/mol. The Kier molecular flexibility index (Phi) is 6.36. The van der Waals surface area contributed by atoms with Crippen LogP contribution in [0.5, 0.6) is 0 Å². The van der Waals surface area contributed by atoms with Gasteiger partial charge in [-0.1, -0.05) is 41.7 Å². The van der Waals surface area contributed by atoms with Crippen LogP contribution in [0, 0.1) is 6.92 Å². The van der Waals surface area contributed by atoms with Crippen molar-refractivity contribution in [2.75, 3.05) is 13.6 Å². The molecular weight excluding hydrogens is 424 g/mol. The second-order valence-corrected chi connectivity index (χ2v) is 8.94. The van der Waals surface area contributed by atoms with E-state index in [-0.39, 0.29) is 17.9 Å². The predicted octanol–water partition coefficient (Wildman–Crippen LogP) is 2.94. The SMILES string of the molecule is Cc1nn2cc(C(=O)N(C)C(CCNC(=O)c3cccn3C)Cc3ccccc3)nc2s1. The Morgan fingerprint density at radius 1 is 1.19 bits per heavy atom. The van der Waals surface area contributed by atoms with E-state index in [1.165, 1.54) is 11.3 Å². The zero-order chi connectivity index (χ0) is 22.7. The lowest BCUT2D eigenvalue weighted by Crippen LogP contribution is -2.41. The van der Waals surface area contributed by atoms with Crippen molar-refractivity contribution < 1.29 is 9.59 Å². The van der Waals surface area contributed by atoms with Gasteiger partial charge >= 0.3 is 0 Å². The summed E-state index contributed by atoms with van der Waals surface area (Å²) in [5.41, 5.74) is 2.11. The van der Waals surface area contributed by atoms with E-state index in [1.54, 1.807) is 33.3 Å². The van der Waals surface area contributed by atoms with E-state index >= 15 is 0 Å². The largest absolute Gasteiger partial charge is 0.351 e. The molecule has 3 heterocycles. The van der Waals surface area contributed by atoms with E-state index in [1.807, 2.05) is 56.6 Å². The molecule has 2 amide bonds. The Hall–Kier alpha value is -3.46. The van der Waals surface area contributed by atoms with Crippen LogP contribution in [0.4, 0.5) is 0 Å². The minimum atomic E-state index is -0.157. The third-order valence-corrected chi connectivity index (χ3v) is 6.32. The number of amides is 2. The van der Waals surface area contributed by atoms with E-state index in [2.05, 4.69) is 15.4 Å². The summed E-state index contributed by atoms with van der Waals surface area (Å²) in [4.78, 5) is 32.5. The summed E-state index contributed by atoms with van der Waals surface area (Å²) in [6.07, 6.45) is 4.82. The summed E-state index contributed by atoms with van der Waals surface area (Å²) in [6, 6.07) is 13.6. The molecule has 9 heteroatoms. The van der Waals surface area contributed by atoms with Gasteiger partial charge in [0.25, 0.3) is 11.8 Å². The fraction of sp³-hybridized carbons (Fsp3) is 0.304. The van der Waals surface area contributed by atoms with Crippen molar-refractivity contribution in [1.82, 2.24) is 29.4 Å². The number of rotatable bonds is 8. The van der Waals surface area contributed by atoms with Gasteiger partial charge in [0.1, 0.15) is 16.4 Å². The zero-order valence-electron chi connectivity index (χ0n) is 18.4. The molecule has 0 radical (unpaired) electrons. The van der Waals surface area contributed by atoms with Gasteiger partial charge in [-0.05, 0) is 37.5 Å². The minimum Gasteiger partial charge on any atom is -0.351 e. The second kappa shape index (κ2) is 9.35. The smallest absolute Gasteiger partial charge is 0.274 e. The van der Waals surface area contributed by atoms with Crippen LogP contribution >= 0.6 is 11.3 Å². The number of benzene rings is 1. The molecule has 0 fully saturated rings. The molecule has 0 saturated carbocycles. The molecule has 4 rings (SSSR count). The molecule has 0 spiro atoms. The highest BCUT2D eigenvalue weighted by Gasteiger charge is 2.24. The van der Waals surface area contributed by atoms with Gasteiger partial charge in [0.05, 0.1) is 6.20 Å². The first-order chi connectivity index (χ1) is 15.4. The number of likely N-dealkylation sites (N-methyl/N-ethyl adjacent to an activating group) is 1. The summed E-state index contributed by atoms with van der Waals surface area (Å²) in [5.74, 6) is -0.282. The minimum absolute atomic E-state index is 0.104. The number of carbonyl (C=O) groups excluding carboxylic acids is 2. The molecule has 3 aromatic heterocycles. The first-order valence-electron chi connectivity index (χ1n) is 10.5. The van der Waals surface area contributed by atoms with E-state index < -0.39 is 0 Å². The van der Waals surface area contributed by atoms with Gasteiger partial charge < -0.3 is 14.8 Å². The lowest BCUT2D eigenvalue weighted by atomic mass is 10.0. The second-order valence-electron chi connectivity index (χ2n) is 7.78. The third kappa shape index (κ3) is 4.72. The molecule has 0 aliphatic heterocycles. The normalized spacial score (nSPS) is 12.1. The number of imidazole rings is 1. The molecule has 1 unspecified atom stereocenters. The maximum Gasteiger partial charge on any atom is 0.274 e. The number of nitrogens with zero attached hydrogens (tertiary/aromatic N) is 5. The van der Waals surface area contributed by atoms with Gasteiger partial charge in [-0.3, -0.25) is 9.59 Å². The van der Waals surface area contributed by atoms with Crippen LogP contribution in [0.25, 0.3) is 4.96 Å². The van der Waals surface area contributed by atoms with Crippen LogP contribution < -0.4 is 5.32 Å². The molecule has 0 bridgehead atoms. The first-order valence-corrected chi connectivity index (χ1v) is 11.3. The lowest BCUT2D eigenvalue weighted by molar-refractivity contribution is 0.0717. The standard InChI is InChI=1S/C23H26N6O2S/c1-16-26-29-15-19(25-23(29)32-16)22(31)28(3)18(14-17-8-5-4-6-9-17)11-12-24-21(30)20-10-7-13-27(20)2/h4-10,13,15,18H,11-12,14H2,1-3H3,(H,24,30). The fourth-order valence-corrected chi connectivity index (χ4v) is 4.43. The number of aromatic nitrogens is 4. The highest BCUT2D eigenvalue weighted by molar-refractivity contribution is 7.16. The molecular formula is C23H26N6O2S. The van der Waals surface area contributed by atoms with Gasteiger partial charge in [-0.15, -0.1) is 0 Å². The zero-order valence-corrected chi connectivity index (χ0v) is 19.2. The fourth-order valence-electron chi connectivity index (χ4n) is 3.71. The topological polar surface area (TPSA) is 84.5 Å². The van der Waals surface area contributed by atoms with Crippen LogP contribution in [0.3, 0.4) is 0 Å². The van der Waals surface area contributed by atoms with Gasteiger partial charge in [-0.2, -0.15) is 5.10 Å². The third-order valence-electron chi connectivity index (χ3n) is 5.49. The average molecular weight is 451 g/mol. The van der Waals surface area contributed by atoms with Crippen molar-refractivity contribution >= 4 is 28.1 Å². The van der Waals surface area contributed by atoms with Gasteiger partial charge in [0.2, 0.25) is 4.96 Å². The maximum atomic E-state index is 13.2. The molecule has 0 aliphatic rings. The van der Waals surface area contributed by atoms with E-state index in [4.69, 9.17) is 0 Å². The average Bonchev–Trinajstić information content (AvgIpc) is 3.47. The number of aryl methyl sites for hydroxylation is 2. The highest BCUT2D eigenvalue weighted by Crippen LogP contribution is 2.17. The molecule has 4 aromatic rings. The number of nitrogens with one attached hydrogen (secondary N) is 1.